The Morgan fingerprint density at radius 2 is 1.68 bits per heavy atom. The Bertz CT molecular complexity index is 953. The molecular formula is C19H23O7PS. The highest BCUT2D eigenvalue weighted by atomic mass is 32.2. The van der Waals surface area contributed by atoms with Gasteiger partial charge in [-0.15, -0.1) is 6.58 Å². The van der Waals surface area contributed by atoms with E-state index in [0.29, 0.717) is 18.4 Å². The maximum Gasteiger partial charge on any atom is 0.387 e. The predicted molar refractivity (Wildman–Crippen MR) is 107 cm³/mol. The molecule has 0 aliphatic carbocycles. The zero-order valence-electron chi connectivity index (χ0n) is 15.1. The molecule has 1 atom stereocenters. The summed E-state index contributed by atoms with van der Waals surface area (Å²) >= 11 is 0. The second-order valence-electron chi connectivity index (χ2n) is 6.27. The normalized spacial score (nSPS) is 14.2. The minimum atomic E-state index is -5.44. The van der Waals surface area contributed by atoms with Gasteiger partial charge in [-0.3, -0.25) is 9.12 Å². The summed E-state index contributed by atoms with van der Waals surface area (Å²) in [7, 11) is -10.7. The Labute approximate surface area is 164 Å². The van der Waals surface area contributed by atoms with Crippen molar-refractivity contribution in [3.05, 3.63) is 78.4 Å². The molecule has 0 spiro atoms. The molecule has 0 aliphatic heterocycles. The molecule has 7 nitrogen and oxygen atoms in total. The Kier molecular flexibility index (Phi) is 7.20. The number of rotatable bonds is 10. The molecule has 3 N–H and O–H groups in total. The molecule has 0 amide bonds. The molecule has 2 aromatic rings. The molecule has 0 saturated heterocycles. The van der Waals surface area contributed by atoms with Crippen molar-refractivity contribution in [2.75, 3.05) is 0 Å². The minimum Gasteiger partial charge on any atom is -0.457 e. The fourth-order valence-corrected chi connectivity index (χ4v) is 5.31. The summed E-state index contributed by atoms with van der Waals surface area (Å²) in [6, 6.07) is 15.3. The lowest BCUT2D eigenvalue weighted by molar-refractivity contribution is 0.162. The van der Waals surface area contributed by atoms with Crippen molar-refractivity contribution >= 4 is 17.7 Å². The zero-order valence-corrected chi connectivity index (χ0v) is 16.9. The maximum atomic E-state index is 12.2. The first-order valence-electron chi connectivity index (χ1n) is 8.55. The molecule has 0 bridgehead atoms. The molecule has 0 heterocycles. The summed E-state index contributed by atoms with van der Waals surface area (Å²) in [5.41, 5.74) is 1.35. The average molecular weight is 426 g/mol. The van der Waals surface area contributed by atoms with E-state index in [9.17, 15) is 27.3 Å². The summed E-state index contributed by atoms with van der Waals surface area (Å²) in [6.45, 7) is 3.60. The van der Waals surface area contributed by atoms with Crippen LogP contribution in [0, 0.1) is 0 Å². The van der Waals surface area contributed by atoms with E-state index in [-0.39, 0.29) is 12.2 Å². The predicted octanol–water partition coefficient (Wildman–Crippen LogP) is 3.54. The van der Waals surface area contributed by atoms with Crippen LogP contribution < -0.4 is 4.74 Å². The van der Waals surface area contributed by atoms with Crippen molar-refractivity contribution < 1.29 is 32.1 Å². The second-order valence-corrected chi connectivity index (χ2v) is 10.00. The molecule has 0 aromatic heterocycles. The SMILES string of the molecule is C=CCc1ccccc1OC(CCCc1ccccc1)(P(=O)(O)O)S(=O)(=O)O. The number of aryl methyl sites for hydroxylation is 1. The minimum absolute atomic E-state index is 0.0388. The van der Waals surface area contributed by atoms with Gasteiger partial charge in [0, 0.05) is 6.42 Å². The van der Waals surface area contributed by atoms with Gasteiger partial charge in [0.05, 0.1) is 0 Å². The summed E-state index contributed by atoms with van der Waals surface area (Å²) in [4.78, 5) is 19.7. The Hall–Kier alpha value is -1.96. The lowest BCUT2D eigenvalue weighted by Crippen LogP contribution is -2.44. The fourth-order valence-electron chi connectivity index (χ4n) is 2.85. The lowest BCUT2D eigenvalue weighted by Gasteiger charge is -2.32. The van der Waals surface area contributed by atoms with Crippen LogP contribution in [0.15, 0.2) is 67.3 Å². The van der Waals surface area contributed by atoms with Crippen LogP contribution in [0.2, 0.25) is 0 Å². The van der Waals surface area contributed by atoms with Crippen molar-refractivity contribution in [3.63, 3.8) is 0 Å². The van der Waals surface area contributed by atoms with Crippen LogP contribution in [-0.4, -0.2) is 27.4 Å². The summed E-state index contributed by atoms with van der Waals surface area (Å²) in [5, 5.41) is 0. The zero-order chi connectivity index (χ0) is 20.8. The first kappa shape index (κ1) is 22.3. The van der Waals surface area contributed by atoms with E-state index in [1.165, 1.54) is 6.07 Å². The van der Waals surface area contributed by atoms with Gasteiger partial charge in [-0.1, -0.05) is 54.6 Å². The average Bonchev–Trinajstić information content (AvgIpc) is 2.61. The molecule has 0 aliphatic rings. The molecule has 1 unspecified atom stereocenters. The Morgan fingerprint density at radius 1 is 1.07 bits per heavy atom. The summed E-state index contributed by atoms with van der Waals surface area (Å²) < 4.78 is 48.6. The van der Waals surface area contributed by atoms with Crippen LogP contribution in [-0.2, 0) is 27.5 Å². The number of para-hydroxylation sites is 1. The standard InChI is InChI=1S/C19H23O7PS/c1-2-9-17-13-6-7-14-18(17)26-19(27(20,21)22,28(23,24)25)15-8-12-16-10-4-3-5-11-16/h2-7,10-11,13-14H,1,8-9,12,15H2,(H2,20,21,22)(H,23,24,25). The second kappa shape index (κ2) is 9.03. The number of hydrogen-bond acceptors (Lipinski definition) is 4. The number of ether oxygens (including phenoxy) is 1. The van der Waals surface area contributed by atoms with Crippen molar-refractivity contribution in [3.8, 4) is 5.75 Å². The van der Waals surface area contributed by atoms with Gasteiger partial charge in [-0.05, 0) is 36.5 Å². The van der Waals surface area contributed by atoms with Crippen molar-refractivity contribution in [2.45, 2.75) is 30.4 Å². The van der Waals surface area contributed by atoms with Gasteiger partial charge in [0.25, 0.3) is 0 Å². The number of allylic oxidation sites excluding steroid dienone is 1. The molecule has 0 radical (unpaired) electrons. The number of benzene rings is 2. The largest absolute Gasteiger partial charge is 0.457 e. The number of hydrogen-bond donors (Lipinski definition) is 3. The van der Waals surface area contributed by atoms with E-state index in [2.05, 4.69) is 6.58 Å². The third-order valence-electron chi connectivity index (χ3n) is 4.25. The molecular weight excluding hydrogens is 403 g/mol. The third kappa shape index (κ3) is 5.10. The van der Waals surface area contributed by atoms with Crippen molar-refractivity contribution in [2.24, 2.45) is 0 Å². The van der Waals surface area contributed by atoms with E-state index >= 15 is 0 Å². The molecule has 152 valence electrons. The smallest absolute Gasteiger partial charge is 0.387 e. The van der Waals surface area contributed by atoms with Crippen LogP contribution in [0.4, 0.5) is 0 Å². The van der Waals surface area contributed by atoms with Crippen LogP contribution in [0.25, 0.3) is 0 Å². The molecule has 9 heteroatoms. The lowest BCUT2D eigenvalue weighted by atomic mass is 10.1. The highest BCUT2D eigenvalue weighted by Crippen LogP contribution is 2.57. The van der Waals surface area contributed by atoms with Gasteiger partial charge in [-0.25, -0.2) is 0 Å². The van der Waals surface area contributed by atoms with Crippen LogP contribution in [0.3, 0.4) is 0 Å². The molecule has 0 fully saturated rings. The Morgan fingerprint density at radius 3 is 2.25 bits per heavy atom. The van der Waals surface area contributed by atoms with Crippen LogP contribution >= 0.6 is 7.60 Å². The van der Waals surface area contributed by atoms with E-state index in [1.807, 2.05) is 18.2 Å². The van der Waals surface area contributed by atoms with Gasteiger partial charge in [0.15, 0.2) is 0 Å². The monoisotopic (exact) mass is 426 g/mol. The topological polar surface area (TPSA) is 121 Å². The van der Waals surface area contributed by atoms with Crippen molar-refractivity contribution in [1.82, 2.24) is 0 Å². The third-order valence-corrected chi connectivity index (χ3v) is 7.96. The molecule has 2 aromatic carbocycles. The fraction of sp³-hybridized carbons (Fsp3) is 0.263. The van der Waals surface area contributed by atoms with Crippen molar-refractivity contribution in [1.29, 1.82) is 0 Å². The van der Waals surface area contributed by atoms with Crippen LogP contribution in [0.1, 0.15) is 24.0 Å². The molecule has 0 saturated carbocycles. The van der Waals surface area contributed by atoms with Gasteiger partial charge in [0.1, 0.15) is 5.75 Å². The first-order chi connectivity index (χ1) is 13.1. The summed E-state index contributed by atoms with van der Waals surface area (Å²) in [5.74, 6) is -0.0388. The van der Waals surface area contributed by atoms with Gasteiger partial charge in [0.2, 0.25) is 0 Å². The maximum absolute atomic E-state index is 12.2. The highest BCUT2D eigenvalue weighted by molar-refractivity contribution is 7.94. The van der Waals surface area contributed by atoms with E-state index < -0.39 is 28.8 Å². The molecule has 28 heavy (non-hydrogen) atoms. The quantitative estimate of drug-likeness (QED) is 0.302. The first-order valence-corrected chi connectivity index (χ1v) is 11.6. The van der Waals surface area contributed by atoms with Crippen LogP contribution in [0.5, 0.6) is 5.75 Å². The van der Waals surface area contributed by atoms with Gasteiger partial charge >= 0.3 is 22.4 Å². The van der Waals surface area contributed by atoms with Gasteiger partial charge in [-0.2, -0.15) is 8.42 Å². The van der Waals surface area contributed by atoms with E-state index in [0.717, 1.165) is 5.56 Å². The highest BCUT2D eigenvalue weighted by Gasteiger charge is 2.60. The summed E-state index contributed by atoms with van der Waals surface area (Å²) in [6.07, 6.45) is 1.68. The van der Waals surface area contributed by atoms with E-state index in [1.54, 1.807) is 36.4 Å². The van der Waals surface area contributed by atoms with E-state index in [4.69, 9.17) is 4.74 Å². The Balaban J connectivity index is 2.41. The van der Waals surface area contributed by atoms with Gasteiger partial charge < -0.3 is 14.5 Å². The molecule has 2 rings (SSSR count).